The number of carbonyl (C=O) groups excluding carboxylic acids is 1. The number of anilines is 2. The van der Waals surface area contributed by atoms with Crippen molar-refractivity contribution >= 4 is 27.9 Å². The summed E-state index contributed by atoms with van der Waals surface area (Å²) in [6.07, 6.45) is 3.35. The van der Waals surface area contributed by atoms with Crippen molar-refractivity contribution < 1.29 is 4.79 Å². The fraction of sp³-hybridized carbons (Fsp3) is 0.667. The molecule has 6 heteroatoms. The predicted octanol–water partition coefficient (Wildman–Crippen LogP) is 1.76. The van der Waals surface area contributed by atoms with Crippen LogP contribution in [0, 0.1) is 0 Å². The zero-order chi connectivity index (χ0) is 14.8. The first-order valence-electron chi connectivity index (χ1n) is 7.88. The van der Waals surface area contributed by atoms with Crippen molar-refractivity contribution in [3.05, 3.63) is 10.4 Å². The largest absolute Gasteiger partial charge is 0.397 e. The summed E-state index contributed by atoms with van der Waals surface area (Å²) in [6, 6.07) is 0. The Kier molecular flexibility index (Phi) is 4.35. The minimum Gasteiger partial charge on any atom is -0.397 e. The predicted molar refractivity (Wildman–Crippen MR) is 88.4 cm³/mol. The Labute approximate surface area is 129 Å². The van der Waals surface area contributed by atoms with E-state index in [9.17, 15) is 4.79 Å². The molecule has 1 amide bonds. The molecular weight excluding hydrogens is 284 g/mol. The van der Waals surface area contributed by atoms with Crippen LogP contribution in [0.1, 0.15) is 47.3 Å². The van der Waals surface area contributed by atoms with Crippen LogP contribution >= 0.6 is 11.3 Å². The lowest BCUT2D eigenvalue weighted by atomic mass is 10.1. The summed E-state index contributed by atoms with van der Waals surface area (Å²) in [5.74, 6) is 0.557. The summed E-state index contributed by atoms with van der Waals surface area (Å²) in [6.45, 7) is 6.75. The minimum atomic E-state index is -0.0114. The van der Waals surface area contributed by atoms with Gasteiger partial charge in [-0.3, -0.25) is 4.79 Å². The number of nitrogens with zero attached hydrogens (tertiary/aromatic N) is 1. The molecule has 1 aromatic rings. The molecule has 116 valence electrons. The van der Waals surface area contributed by atoms with Crippen molar-refractivity contribution in [3.63, 3.8) is 0 Å². The zero-order valence-electron chi connectivity index (χ0n) is 12.6. The van der Waals surface area contributed by atoms with Gasteiger partial charge in [0.15, 0.2) is 0 Å². The molecule has 0 spiro atoms. The molecule has 21 heavy (non-hydrogen) atoms. The Hall–Kier alpha value is -1.27. The smallest absolute Gasteiger partial charge is 0.263 e. The van der Waals surface area contributed by atoms with Crippen LogP contribution in [0.3, 0.4) is 0 Å². The third kappa shape index (κ3) is 3.01. The molecule has 0 atom stereocenters. The molecule has 2 heterocycles. The maximum Gasteiger partial charge on any atom is 0.263 e. The SMILES string of the molecule is CCCNC(=O)c1sc(N2CCNCC2)c(C2CC2)c1N. The highest BCUT2D eigenvalue weighted by atomic mass is 32.1. The summed E-state index contributed by atoms with van der Waals surface area (Å²) >= 11 is 1.58. The lowest BCUT2D eigenvalue weighted by molar-refractivity contribution is 0.0958. The van der Waals surface area contributed by atoms with Gasteiger partial charge in [0.1, 0.15) is 4.88 Å². The molecule has 3 rings (SSSR count). The van der Waals surface area contributed by atoms with Crippen LogP contribution < -0.4 is 21.3 Å². The minimum absolute atomic E-state index is 0.0114. The number of hydrogen-bond acceptors (Lipinski definition) is 5. The molecule has 0 bridgehead atoms. The van der Waals surface area contributed by atoms with Gasteiger partial charge in [0.2, 0.25) is 0 Å². The van der Waals surface area contributed by atoms with Crippen LogP contribution in [0.15, 0.2) is 0 Å². The highest BCUT2D eigenvalue weighted by Gasteiger charge is 2.34. The first-order chi connectivity index (χ1) is 10.2. The summed E-state index contributed by atoms with van der Waals surface area (Å²) in [7, 11) is 0. The number of rotatable bonds is 5. The van der Waals surface area contributed by atoms with E-state index in [1.54, 1.807) is 11.3 Å². The lowest BCUT2D eigenvalue weighted by Gasteiger charge is -2.29. The number of nitrogens with one attached hydrogen (secondary N) is 2. The van der Waals surface area contributed by atoms with E-state index in [0.717, 1.165) is 38.3 Å². The molecule has 0 radical (unpaired) electrons. The van der Waals surface area contributed by atoms with E-state index in [1.807, 2.05) is 0 Å². The zero-order valence-corrected chi connectivity index (χ0v) is 13.4. The molecule has 1 aliphatic carbocycles. The molecule has 0 unspecified atom stereocenters. The van der Waals surface area contributed by atoms with E-state index in [1.165, 1.54) is 23.4 Å². The van der Waals surface area contributed by atoms with Gasteiger partial charge in [0.05, 0.1) is 10.7 Å². The Balaban J connectivity index is 1.89. The maximum absolute atomic E-state index is 12.3. The molecule has 1 aliphatic heterocycles. The molecule has 1 saturated heterocycles. The number of piperazine rings is 1. The Morgan fingerprint density at radius 1 is 1.43 bits per heavy atom. The molecule has 5 nitrogen and oxygen atoms in total. The number of carbonyl (C=O) groups is 1. The Morgan fingerprint density at radius 3 is 2.76 bits per heavy atom. The van der Waals surface area contributed by atoms with Gasteiger partial charge in [0.25, 0.3) is 5.91 Å². The first-order valence-corrected chi connectivity index (χ1v) is 8.70. The molecule has 1 aromatic heterocycles. The first kappa shape index (κ1) is 14.7. The number of hydrogen-bond donors (Lipinski definition) is 3. The molecule has 4 N–H and O–H groups in total. The normalized spacial score (nSPS) is 18.8. The maximum atomic E-state index is 12.3. The van der Waals surface area contributed by atoms with E-state index in [2.05, 4.69) is 22.5 Å². The number of amides is 1. The van der Waals surface area contributed by atoms with Crippen LogP contribution in [0.4, 0.5) is 10.7 Å². The number of thiophene rings is 1. The van der Waals surface area contributed by atoms with Crippen molar-refractivity contribution in [2.24, 2.45) is 0 Å². The van der Waals surface area contributed by atoms with E-state index in [4.69, 9.17) is 5.73 Å². The van der Waals surface area contributed by atoms with Crippen LogP contribution in [0.5, 0.6) is 0 Å². The quantitative estimate of drug-likeness (QED) is 0.775. The van der Waals surface area contributed by atoms with Gasteiger partial charge in [-0.1, -0.05) is 6.92 Å². The number of nitrogens with two attached hydrogens (primary N) is 1. The van der Waals surface area contributed by atoms with Crippen LogP contribution in [0.25, 0.3) is 0 Å². The van der Waals surface area contributed by atoms with Gasteiger partial charge >= 0.3 is 0 Å². The van der Waals surface area contributed by atoms with Crippen LogP contribution in [-0.2, 0) is 0 Å². The van der Waals surface area contributed by atoms with Crippen molar-refractivity contribution in [2.75, 3.05) is 43.4 Å². The van der Waals surface area contributed by atoms with Crippen LogP contribution in [-0.4, -0.2) is 38.6 Å². The fourth-order valence-corrected chi connectivity index (χ4v) is 4.08. The van der Waals surface area contributed by atoms with Gasteiger partial charge < -0.3 is 21.3 Å². The van der Waals surface area contributed by atoms with Crippen molar-refractivity contribution in [1.29, 1.82) is 0 Å². The molecule has 0 aromatic carbocycles. The van der Waals surface area contributed by atoms with Crippen molar-refractivity contribution in [3.8, 4) is 0 Å². The third-order valence-corrected chi connectivity index (χ3v) is 5.38. The highest BCUT2D eigenvalue weighted by molar-refractivity contribution is 7.18. The topological polar surface area (TPSA) is 70.4 Å². The van der Waals surface area contributed by atoms with Gasteiger partial charge in [-0.15, -0.1) is 11.3 Å². The Bertz CT molecular complexity index is 518. The average molecular weight is 308 g/mol. The van der Waals surface area contributed by atoms with Gasteiger partial charge in [-0.25, -0.2) is 0 Å². The monoisotopic (exact) mass is 308 g/mol. The fourth-order valence-electron chi connectivity index (χ4n) is 2.80. The number of nitrogen functional groups attached to an aromatic ring is 1. The van der Waals surface area contributed by atoms with E-state index in [0.29, 0.717) is 17.3 Å². The van der Waals surface area contributed by atoms with Gasteiger partial charge in [-0.2, -0.15) is 0 Å². The lowest BCUT2D eigenvalue weighted by Crippen LogP contribution is -2.43. The van der Waals surface area contributed by atoms with E-state index >= 15 is 0 Å². The standard InChI is InChI=1S/C15H24N4OS/c1-2-5-18-14(20)13-12(16)11(10-3-4-10)15(21-13)19-8-6-17-7-9-19/h10,17H,2-9,16H2,1H3,(H,18,20). The van der Waals surface area contributed by atoms with E-state index in [-0.39, 0.29) is 5.91 Å². The Morgan fingerprint density at radius 2 is 2.14 bits per heavy atom. The summed E-state index contributed by atoms with van der Waals surface area (Å²) in [5, 5.41) is 7.56. The van der Waals surface area contributed by atoms with Crippen LogP contribution in [0.2, 0.25) is 0 Å². The molecule has 2 aliphatic rings. The van der Waals surface area contributed by atoms with Crippen molar-refractivity contribution in [1.82, 2.24) is 10.6 Å². The second kappa shape index (κ2) is 6.23. The average Bonchev–Trinajstić information content (AvgIpc) is 3.29. The molecule has 1 saturated carbocycles. The highest BCUT2D eigenvalue weighted by Crippen LogP contribution is 2.52. The van der Waals surface area contributed by atoms with Crippen molar-refractivity contribution in [2.45, 2.75) is 32.1 Å². The van der Waals surface area contributed by atoms with Gasteiger partial charge in [0, 0.05) is 38.3 Å². The summed E-state index contributed by atoms with van der Waals surface area (Å²) in [4.78, 5) is 15.4. The summed E-state index contributed by atoms with van der Waals surface area (Å²) < 4.78 is 0. The second-order valence-corrected chi connectivity index (χ2v) is 6.83. The molecular formula is C15H24N4OS. The second-order valence-electron chi connectivity index (χ2n) is 5.83. The summed E-state index contributed by atoms with van der Waals surface area (Å²) in [5.41, 5.74) is 8.30. The third-order valence-electron chi connectivity index (χ3n) is 4.10. The van der Waals surface area contributed by atoms with Gasteiger partial charge in [-0.05, 0) is 25.2 Å². The molecule has 2 fully saturated rings. The van der Waals surface area contributed by atoms with E-state index < -0.39 is 0 Å².